The molecule has 1 aromatic carbocycles. The number of aliphatic hydroxyl groups excluding tert-OH is 1. The summed E-state index contributed by atoms with van der Waals surface area (Å²) in [5.41, 5.74) is 0.711. The Kier molecular flexibility index (Phi) is 6.05. The highest BCUT2D eigenvalue weighted by Crippen LogP contribution is 2.14. The van der Waals surface area contributed by atoms with Crippen molar-refractivity contribution in [3.8, 4) is 11.8 Å². The highest BCUT2D eigenvalue weighted by molar-refractivity contribution is 5.94. The molecule has 6 nitrogen and oxygen atoms in total. The third-order valence-electron chi connectivity index (χ3n) is 3.64. The van der Waals surface area contributed by atoms with E-state index in [0.29, 0.717) is 37.3 Å². The lowest BCUT2D eigenvalue weighted by molar-refractivity contribution is 0.0141. The summed E-state index contributed by atoms with van der Waals surface area (Å²) in [7, 11) is 0. The number of ether oxygens (including phenoxy) is 1. The zero-order valence-electron chi connectivity index (χ0n) is 14.9. The van der Waals surface area contributed by atoms with E-state index < -0.39 is 5.60 Å². The van der Waals surface area contributed by atoms with Gasteiger partial charge in [0, 0.05) is 37.3 Å². The monoisotopic (exact) mass is 344 g/mol. The van der Waals surface area contributed by atoms with Crippen molar-refractivity contribution >= 4 is 12.0 Å². The molecule has 1 saturated heterocycles. The molecule has 1 aliphatic rings. The van der Waals surface area contributed by atoms with Gasteiger partial charge in [0.1, 0.15) is 12.2 Å². The molecule has 1 N–H and O–H groups in total. The maximum atomic E-state index is 12.6. The van der Waals surface area contributed by atoms with Gasteiger partial charge in [-0.2, -0.15) is 0 Å². The van der Waals surface area contributed by atoms with Crippen LogP contribution in [0.2, 0.25) is 0 Å². The fourth-order valence-corrected chi connectivity index (χ4v) is 2.47. The Bertz CT molecular complexity index is 689. The van der Waals surface area contributed by atoms with Gasteiger partial charge < -0.3 is 19.6 Å². The topological polar surface area (TPSA) is 70.1 Å². The van der Waals surface area contributed by atoms with Gasteiger partial charge in [-0.25, -0.2) is 4.79 Å². The molecule has 0 aliphatic carbocycles. The molecule has 0 atom stereocenters. The van der Waals surface area contributed by atoms with Crippen molar-refractivity contribution < 1.29 is 19.4 Å². The number of rotatable bonds is 1. The first-order chi connectivity index (χ1) is 11.8. The van der Waals surface area contributed by atoms with Crippen LogP contribution in [0.5, 0.6) is 0 Å². The molecule has 0 aromatic heterocycles. The summed E-state index contributed by atoms with van der Waals surface area (Å²) in [6.45, 7) is 7.10. The number of benzene rings is 1. The van der Waals surface area contributed by atoms with E-state index in [9.17, 15) is 9.59 Å². The summed E-state index contributed by atoms with van der Waals surface area (Å²) in [5, 5.41) is 8.76. The van der Waals surface area contributed by atoms with E-state index in [0.717, 1.165) is 0 Å². The van der Waals surface area contributed by atoms with Crippen LogP contribution in [-0.2, 0) is 4.74 Å². The van der Waals surface area contributed by atoms with Gasteiger partial charge in [0.25, 0.3) is 5.91 Å². The lowest BCUT2D eigenvalue weighted by Crippen LogP contribution is -2.51. The van der Waals surface area contributed by atoms with Crippen LogP contribution in [0.15, 0.2) is 24.3 Å². The first kappa shape index (κ1) is 18.8. The minimum atomic E-state index is -0.528. The third-order valence-corrected chi connectivity index (χ3v) is 3.64. The molecule has 134 valence electrons. The molecule has 1 aliphatic heterocycles. The summed E-state index contributed by atoms with van der Waals surface area (Å²) in [4.78, 5) is 28.0. The minimum absolute atomic E-state index is 0.0866. The Hall–Kier alpha value is -2.52. The van der Waals surface area contributed by atoms with E-state index in [1.54, 1.807) is 34.1 Å². The van der Waals surface area contributed by atoms with Crippen molar-refractivity contribution in [2.45, 2.75) is 26.4 Å². The average Bonchev–Trinajstić information content (AvgIpc) is 2.58. The number of hydrogen-bond acceptors (Lipinski definition) is 4. The van der Waals surface area contributed by atoms with Crippen molar-refractivity contribution in [3.05, 3.63) is 35.4 Å². The fraction of sp³-hybridized carbons (Fsp3) is 0.474. The standard InChI is InChI=1S/C19H24N2O4/c1-19(2,3)25-18(24)21-11-9-20(10-12-21)17(23)16-8-4-6-15(14-16)7-5-13-22/h4,6,8,14,22H,9-13H2,1-3H3. The van der Waals surface area contributed by atoms with Gasteiger partial charge in [-0.1, -0.05) is 17.9 Å². The van der Waals surface area contributed by atoms with Crippen molar-refractivity contribution in [3.63, 3.8) is 0 Å². The molecule has 1 heterocycles. The highest BCUT2D eigenvalue weighted by Gasteiger charge is 2.28. The van der Waals surface area contributed by atoms with E-state index in [4.69, 9.17) is 9.84 Å². The molecule has 25 heavy (non-hydrogen) atoms. The molecule has 0 unspecified atom stereocenters. The average molecular weight is 344 g/mol. The minimum Gasteiger partial charge on any atom is -0.444 e. The Balaban J connectivity index is 1.96. The largest absolute Gasteiger partial charge is 0.444 e. The lowest BCUT2D eigenvalue weighted by Gasteiger charge is -2.35. The zero-order chi connectivity index (χ0) is 18.4. The molecule has 0 spiro atoms. The number of hydrogen-bond donors (Lipinski definition) is 1. The van der Waals surface area contributed by atoms with Crippen LogP contribution in [-0.4, -0.2) is 65.3 Å². The SMILES string of the molecule is CC(C)(C)OC(=O)N1CCN(C(=O)c2cccc(C#CCO)c2)CC1. The molecule has 2 rings (SSSR count). The van der Waals surface area contributed by atoms with Gasteiger partial charge in [0.15, 0.2) is 0 Å². The van der Waals surface area contributed by atoms with Gasteiger partial charge in [-0.3, -0.25) is 4.79 Å². The van der Waals surface area contributed by atoms with Gasteiger partial charge in [-0.15, -0.1) is 0 Å². The summed E-state index contributed by atoms with van der Waals surface area (Å²) in [5.74, 6) is 5.28. The highest BCUT2D eigenvalue weighted by atomic mass is 16.6. The molecular formula is C19H24N2O4. The molecule has 1 aromatic rings. The van der Waals surface area contributed by atoms with Crippen LogP contribution in [0.4, 0.5) is 4.79 Å². The number of carbonyl (C=O) groups excluding carboxylic acids is 2. The predicted octanol–water partition coefficient (Wildman–Crippen LogP) is 1.72. The zero-order valence-corrected chi connectivity index (χ0v) is 14.9. The first-order valence-electron chi connectivity index (χ1n) is 8.27. The Labute approximate surface area is 148 Å². The van der Waals surface area contributed by atoms with Gasteiger partial charge in [-0.05, 0) is 39.0 Å². The molecule has 0 bridgehead atoms. The molecule has 0 radical (unpaired) electrons. The summed E-state index contributed by atoms with van der Waals surface area (Å²) in [6, 6.07) is 7.02. The van der Waals surface area contributed by atoms with Crippen molar-refractivity contribution in [1.29, 1.82) is 0 Å². The quantitative estimate of drug-likeness (QED) is 0.788. The maximum Gasteiger partial charge on any atom is 0.410 e. The number of carbonyl (C=O) groups is 2. The van der Waals surface area contributed by atoms with Crippen LogP contribution in [0, 0.1) is 11.8 Å². The molecule has 2 amide bonds. The summed E-state index contributed by atoms with van der Waals surface area (Å²) >= 11 is 0. The summed E-state index contributed by atoms with van der Waals surface area (Å²) in [6.07, 6.45) is -0.346. The van der Waals surface area contributed by atoms with Crippen molar-refractivity contribution in [2.75, 3.05) is 32.8 Å². The summed E-state index contributed by atoms with van der Waals surface area (Å²) < 4.78 is 5.36. The smallest absolute Gasteiger partial charge is 0.410 e. The van der Waals surface area contributed by atoms with Crippen molar-refractivity contribution in [1.82, 2.24) is 9.80 Å². The number of piperazine rings is 1. The van der Waals surface area contributed by atoms with Crippen LogP contribution >= 0.6 is 0 Å². The maximum absolute atomic E-state index is 12.6. The van der Waals surface area contributed by atoms with E-state index >= 15 is 0 Å². The molecular weight excluding hydrogens is 320 g/mol. The van der Waals surface area contributed by atoms with E-state index in [1.807, 2.05) is 20.8 Å². The molecule has 6 heteroatoms. The molecule has 1 fully saturated rings. The third kappa shape index (κ3) is 5.50. The van der Waals surface area contributed by atoms with E-state index in [2.05, 4.69) is 11.8 Å². The second kappa shape index (κ2) is 8.04. The van der Waals surface area contributed by atoms with E-state index in [1.165, 1.54) is 0 Å². The van der Waals surface area contributed by atoms with Gasteiger partial charge in [0.05, 0.1) is 0 Å². The predicted molar refractivity (Wildman–Crippen MR) is 94.1 cm³/mol. The van der Waals surface area contributed by atoms with Crippen LogP contribution < -0.4 is 0 Å². The van der Waals surface area contributed by atoms with Gasteiger partial charge >= 0.3 is 6.09 Å². The van der Waals surface area contributed by atoms with Crippen LogP contribution in [0.1, 0.15) is 36.7 Å². The number of nitrogens with zero attached hydrogens (tertiary/aromatic N) is 2. The number of aliphatic hydroxyl groups is 1. The fourth-order valence-electron chi connectivity index (χ4n) is 2.47. The first-order valence-corrected chi connectivity index (χ1v) is 8.27. The van der Waals surface area contributed by atoms with Crippen LogP contribution in [0.25, 0.3) is 0 Å². The molecule has 0 saturated carbocycles. The van der Waals surface area contributed by atoms with Crippen LogP contribution in [0.3, 0.4) is 0 Å². The van der Waals surface area contributed by atoms with Crippen molar-refractivity contribution in [2.24, 2.45) is 0 Å². The normalized spacial score (nSPS) is 14.6. The lowest BCUT2D eigenvalue weighted by atomic mass is 10.1. The Morgan fingerprint density at radius 2 is 1.80 bits per heavy atom. The van der Waals surface area contributed by atoms with Gasteiger partial charge in [0.2, 0.25) is 0 Å². The Morgan fingerprint density at radius 1 is 1.16 bits per heavy atom. The van der Waals surface area contributed by atoms with E-state index in [-0.39, 0.29) is 18.6 Å². The Morgan fingerprint density at radius 3 is 2.40 bits per heavy atom. The second-order valence-electron chi connectivity index (χ2n) is 6.80. The second-order valence-corrected chi connectivity index (χ2v) is 6.80. The number of amides is 2.